The van der Waals surface area contributed by atoms with Crippen LogP contribution in [0.25, 0.3) is 0 Å². The fourth-order valence-electron chi connectivity index (χ4n) is 2.01. The number of esters is 1. The average Bonchev–Trinajstić information content (AvgIpc) is 2.60. The highest BCUT2D eigenvalue weighted by atomic mass is 16.5. The first-order valence-electron chi connectivity index (χ1n) is 7.19. The van der Waals surface area contributed by atoms with Gasteiger partial charge in [-0.3, -0.25) is 9.59 Å². The van der Waals surface area contributed by atoms with E-state index in [1.54, 1.807) is 49.6 Å². The fraction of sp³-hybridized carbons (Fsp3) is 0.167. The van der Waals surface area contributed by atoms with Crippen molar-refractivity contribution in [1.82, 2.24) is 0 Å². The molecule has 0 spiro atoms. The van der Waals surface area contributed by atoms with Crippen LogP contribution in [0.5, 0.6) is 5.75 Å². The number of amides is 1. The lowest BCUT2D eigenvalue weighted by atomic mass is 10.1. The maximum atomic E-state index is 11.8. The predicted octanol–water partition coefficient (Wildman–Crippen LogP) is 2.29. The third-order valence-corrected chi connectivity index (χ3v) is 3.12. The summed E-state index contributed by atoms with van der Waals surface area (Å²) in [6.07, 6.45) is 0.0500. The first-order chi connectivity index (χ1) is 11.6. The Bertz CT molecular complexity index is 781. The van der Waals surface area contributed by atoms with Gasteiger partial charge in [0.05, 0.1) is 25.2 Å². The number of carbonyl (C=O) groups is 2. The van der Waals surface area contributed by atoms with Crippen LogP contribution >= 0.6 is 0 Å². The number of rotatable bonds is 6. The van der Waals surface area contributed by atoms with Crippen molar-refractivity contribution < 1.29 is 19.1 Å². The summed E-state index contributed by atoms with van der Waals surface area (Å²) in [7, 11) is 1.54. The summed E-state index contributed by atoms with van der Waals surface area (Å²) >= 11 is 0. The third kappa shape index (κ3) is 5.14. The highest BCUT2D eigenvalue weighted by Crippen LogP contribution is 2.13. The van der Waals surface area contributed by atoms with E-state index < -0.39 is 11.9 Å². The Balaban J connectivity index is 1.82. The van der Waals surface area contributed by atoms with Gasteiger partial charge in [-0.05, 0) is 35.9 Å². The quantitative estimate of drug-likeness (QED) is 0.824. The van der Waals surface area contributed by atoms with Crippen LogP contribution in [0.1, 0.15) is 11.1 Å². The molecule has 6 heteroatoms. The minimum Gasteiger partial charge on any atom is -0.497 e. The lowest BCUT2D eigenvalue weighted by Gasteiger charge is -2.07. The van der Waals surface area contributed by atoms with E-state index in [2.05, 4.69) is 5.32 Å². The maximum absolute atomic E-state index is 11.8. The van der Waals surface area contributed by atoms with Crippen molar-refractivity contribution in [1.29, 1.82) is 5.26 Å². The summed E-state index contributed by atoms with van der Waals surface area (Å²) < 4.78 is 10.0. The topological polar surface area (TPSA) is 88.4 Å². The van der Waals surface area contributed by atoms with Crippen LogP contribution in [-0.2, 0) is 20.7 Å². The van der Waals surface area contributed by atoms with Gasteiger partial charge in [0.2, 0.25) is 0 Å². The summed E-state index contributed by atoms with van der Waals surface area (Å²) in [5.41, 5.74) is 1.65. The molecular weight excluding hydrogens is 308 g/mol. The number of carbonyl (C=O) groups excluding carboxylic acids is 2. The molecule has 0 aliphatic heterocycles. The lowest BCUT2D eigenvalue weighted by Crippen LogP contribution is -2.21. The lowest BCUT2D eigenvalue weighted by molar-refractivity contribution is -0.146. The molecule has 1 amide bonds. The number of benzene rings is 2. The third-order valence-electron chi connectivity index (χ3n) is 3.12. The Morgan fingerprint density at radius 2 is 1.96 bits per heavy atom. The average molecular weight is 324 g/mol. The molecule has 0 aliphatic rings. The van der Waals surface area contributed by atoms with E-state index in [1.165, 1.54) is 6.07 Å². The second-order valence-corrected chi connectivity index (χ2v) is 4.93. The Hall–Kier alpha value is -3.33. The number of nitriles is 1. The molecule has 0 atom stereocenters. The molecule has 0 bridgehead atoms. The van der Waals surface area contributed by atoms with Crippen LogP contribution in [0, 0.1) is 11.3 Å². The van der Waals surface area contributed by atoms with Gasteiger partial charge in [-0.1, -0.05) is 18.2 Å². The highest BCUT2D eigenvalue weighted by Gasteiger charge is 2.09. The van der Waals surface area contributed by atoms with Gasteiger partial charge in [0, 0.05) is 5.69 Å². The summed E-state index contributed by atoms with van der Waals surface area (Å²) in [6.45, 7) is -0.389. The van der Waals surface area contributed by atoms with Gasteiger partial charge < -0.3 is 14.8 Å². The molecule has 0 aliphatic carbocycles. The molecule has 24 heavy (non-hydrogen) atoms. The van der Waals surface area contributed by atoms with E-state index in [-0.39, 0.29) is 13.0 Å². The van der Waals surface area contributed by atoms with E-state index >= 15 is 0 Å². The SMILES string of the molecule is COc1cccc(CC(=O)OCC(=O)Nc2cccc(C#N)c2)c1. The number of methoxy groups -OCH3 is 1. The molecule has 6 nitrogen and oxygen atoms in total. The van der Waals surface area contributed by atoms with Crippen molar-refractivity contribution in [3.8, 4) is 11.8 Å². The summed E-state index contributed by atoms with van der Waals surface area (Å²) in [5, 5.41) is 11.4. The van der Waals surface area contributed by atoms with E-state index in [0.717, 1.165) is 5.56 Å². The van der Waals surface area contributed by atoms with Gasteiger partial charge in [-0.2, -0.15) is 5.26 Å². The number of anilines is 1. The number of nitrogens with one attached hydrogen (secondary N) is 1. The zero-order valence-electron chi connectivity index (χ0n) is 13.1. The van der Waals surface area contributed by atoms with Crippen LogP contribution in [0.4, 0.5) is 5.69 Å². The fourth-order valence-corrected chi connectivity index (χ4v) is 2.01. The molecule has 1 N–H and O–H groups in total. The standard InChI is InChI=1S/C18H16N2O4/c1-23-16-7-3-4-13(9-16)10-18(22)24-12-17(21)20-15-6-2-5-14(8-15)11-19/h2-9H,10,12H2,1H3,(H,20,21). The molecule has 122 valence electrons. The van der Waals surface area contributed by atoms with Crippen LogP contribution in [0.15, 0.2) is 48.5 Å². The van der Waals surface area contributed by atoms with Gasteiger partial charge in [-0.25, -0.2) is 0 Å². The van der Waals surface area contributed by atoms with Crippen molar-refractivity contribution in [3.63, 3.8) is 0 Å². The Kier molecular flexibility index (Phi) is 5.92. The summed E-state index contributed by atoms with van der Waals surface area (Å²) in [5.74, 6) is -0.330. The van der Waals surface area contributed by atoms with E-state index in [4.69, 9.17) is 14.7 Å². The molecule has 0 unspecified atom stereocenters. The zero-order valence-corrected chi connectivity index (χ0v) is 13.1. The molecule has 0 saturated carbocycles. The van der Waals surface area contributed by atoms with Gasteiger partial charge >= 0.3 is 5.97 Å². The summed E-state index contributed by atoms with van der Waals surface area (Å²) in [4.78, 5) is 23.6. The van der Waals surface area contributed by atoms with Crippen molar-refractivity contribution in [2.75, 3.05) is 19.0 Å². The molecular formula is C18H16N2O4. The van der Waals surface area contributed by atoms with Crippen molar-refractivity contribution in [2.45, 2.75) is 6.42 Å². The van der Waals surface area contributed by atoms with E-state index in [9.17, 15) is 9.59 Å². The first kappa shape index (κ1) is 17.0. The number of nitrogens with zero attached hydrogens (tertiary/aromatic N) is 1. The minimum absolute atomic E-state index is 0.0500. The molecule has 2 rings (SSSR count). The van der Waals surface area contributed by atoms with Gasteiger partial charge in [-0.15, -0.1) is 0 Å². The monoisotopic (exact) mass is 324 g/mol. The number of hydrogen-bond acceptors (Lipinski definition) is 5. The molecule has 0 saturated heterocycles. The van der Waals surface area contributed by atoms with Crippen molar-refractivity contribution >= 4 is 17.6 Å². The highest BCUT2D eigenvalue weighted by molar-refractivity contribution is 5.93. The Morgan fingerprint density at radius 3 is 2.71 bits per heavy atom. The predicted molar refractivity (Wildman–Crippen MR) is 87.4 cm³/mol. The molecule has 0 heterocycles. The van der Waals surface area contributed by atoms with E-state index in [0.29, 0.717) is 17.0 Å². The van der Waals surface area contributed by atoms with Crippen LogP contribution < -0.4 is 10.1 Å². The van der Waals surface area contributed by atoms with Crippen molar-refractivity contribution in [2.24, 2.45) is 0 Å². The largest absolute Gasteiger partial charge is 0.497 e. The smallest absolute Gasteiger partial charge is 0.310 e. The molecule has 2 aromatic rings. The second kappa shape index (κ2) is 8.34. The second-order valence-electron chi connectivity index (χ2n) is 4.93. The summed E-state index contributed by atoms with van der Waals surface area (Å²) in [6, 6.07) is 15.5. The first-order valence-corrected chi connectivity index (χ1v) is 7.19. The van der Waals surface area contributed by atoms with E-state index in [1.807, 2.05) is 6.07 Å². The molecule has 0 radical (unpaired) electrons. The van der Waals surface area contributed by atoms with Crippen LogP contribution in [-0.4, -0.2) is 25.6 Å². The molecule has 0 aromatic heterocycles. The normalized spacial score (nSPS) is 9.67. The number of ether oxygens (including phenoxy) is 2. The van der Waals surface area contributed by atoms with Gasteiger partial charge in [0.1, 0.15) is 5.75 Å². The van der Waals surface area contributed by atoms with Crippen LogP contribution in [0.3, 0.4) is 0 Å². The van der Waals surface area contributed by atoms with Gasteiger partial charge in [0.15, 0.2) is 6.61 Å². The zero-order chi connectivity index (χ0) is 17.4. The van der Waals surface area contributed by atoms with Gasteiger partial charge in [0.25, 0.3) is 5.91 Å². The Morgan fingerprint density at radius 1 is 1.17 bits per heavy atom. The molecule has 0 fully saturated rings. The number of hydrogen-bond donors (Lipinski definition) is 1. The van der Waals surface area contributed by atoms with Crippen molar-refractivity contribution in [3.05, 3.63) is 59.7 Å². The van der Waals surface area contributed by atoms with Crippen LogP contribution in [0.2, 0.25) is 0 Å². The minimum atomic E-state index is -0.510. The molecule has 2 aromatic carbocycles. The Labute approximate surface area is 139 Å². The maximum Gasteiger partial charge on any atom is 0.310 e.